The Morgan fingerprint density at radius 2 is 2.11 bits per heavy atom. The van der Waals surface area contributed by atoms with E-state index in [4.69, 9.17) is 11.0 Å². The van der Waals surface area contributed by atoms with Gasteiger partial charge in [-0.1, -0.05) is 6.58 Å². The molecular formula is C3H8N3O2P. The van der Waals surface area contributed by atoms with Crippen LogP contribution in [0.1, 0.15) is 0 Å². The van der Waals surface area contributed by atoms with E-state index >= 15 is 0 Å². The lowest BCUT2D eigenvalue weighted by molar-refractivity contribution is -0.114. The molecule has 0 bridgehead atoms. The van der Waals surface area contributed by atoms with Gasteiger partial charge in [-0.3, -0.25) is 25.5 Å². The maximum Gasteiger partial charge on any atom is 0.300 e. The van der Waals surface area contributed by atoms with Crippen molar-refractivity contribution in [1.82, 2.24) is 5.09 Å². The fourth-order valence-corrected chi connectivity index (χ4v) is 0.654. The van der Waals surface area contributed by atoms with Crippen molar-refractivity contribution in [2.75, 3.05) is 0 Å². The van der Waals surface area contributed by atoms with Crippen molar-refractivity contribution in [2.45, 2.75) is 0 Å². The van der Waals surface area contributed by atoms with Crippen LogP contribution in [0.25, 0.3) is 0 Å². The zero-order valence-corrected chi connectivity index (χ0v) is 5.60. The average Bonchev–Trinajstić information content (AvgIpc) is 1.62. The minimum atomic E-state index is -3.41. The first-order chi connectivity index (χ1) is 3.95. The van der Waals surface area contributed by atoms with Crippen molar-refractivity contribution in [3.8, 4) is 0 Å². The van der Waals surface area contributed by atoms with Crippen LogP contribution in [-0.2, 0) is 9.36 Å². The van der Waals surface area contributed by atoms with Crippen LogP contribution in [0.15, 0.2) is 12.7 Å². The predicted octanol–water partition coefficient (Wildman–Crippen LogP) is -0.686. The quantitative estimate of drug-likeness (QED) is 0.357. The van der Waals surface area contributed by atoms with E-state index in [2.05, 4.69) is 6.58 Å². The largest absolute Gasteiger partial charge is 0.300 e. The highest BCUT2D eigenvalue weighted by atomic mass is 31.2. The highest BCUT2D eigenvalue weighted by Crippen LogP contribution is 2.16. The van der Waals surface area contributed by atoms with Crippen LogP contribution in [0, 0.1) is 0 Å². The number of carbonyl (C=O) groups excluding carboxylic acids is 1. The summed E-state index contributed by atoms with van der Waals surface area (Å²) in [5.41, 5.74) is 9.53. The lowest BCUT2D eigenvalue weighted by Crippen LogP contribution is -2.26. The maximum atomic E-state index is 10.4. The first-order valence-corrected chi connectivity index (χ1v) is 3.92. The Morgan fingerprint density at radius 3 is 2.22 bits per heavy atom. The lowest BCUT2D eigenvalue weighted by Gasteiger charge is -2.04. The van der Waals surface area contributed by atoms with Gasteiger partial charge >= 0.3 is 7.59 Å². The Morgan fingerprint density at radius 1 is 1.67 bits per heavy atom. The summed E-state index contributed by atoms with van der Waals surface area (Å²) in [5, 5.41) is 1.82. The van der Waals surface area contributed by atoms with Crippen molar-refractivity contribution in [3.63, 3.8) is 0 Å². The highest BCUT2D eigenvalue weighted by Gasteiger charge is 2.08. The summed E-state index contributed by atoms with van der Waals surface area (Å²) in [6.45, 7) is 3.10. The first-order valence-electron chi connectivity index (χ1n) is 2.07. The third kappa shape index (κ3) is 5.23. The topological polar surface area (TPSA) is 98.2 Å². The second-order valence-corrected chi connectivity index (χ2v) is 3.03. The number of nitrogens with one attached hydrogen (secondary N) is 1. The molecule has 0 atom stereocenters. The van der Waals surface area contributed by atoms with Crippen molar-refractivity contribution < 1.29 is 9.36 Å². The molecule has 0 heterocycles. The molecule has 9 heavy (non-hydrogen) atoms. The van der Waals surface area contributed by atoms with E-state index < -0.39 is 13.5 Å². The molecule has 0 aliphatic carbocycles. The van der Waals surface area contributed by atoms with Gasteiger partial charge in [0.05, 0.1) is 0 Å². The number of carbonyl (C=O) groups is 1. The van der Waals surface area contributed by atoms with Gasteiger partial charge in [-0.2, -0.15) is 0 Å². The van der Waals surface area contributed by atoms with E-state index in [1.807, 2.05) is 5.09 Å². The normalized spacial score (nSPS) is 10.4. The van der Waals surface area contributed by atoms with Crippen LogP contribution in [0.2, 0.25) is 0 Å². The Hall–Kier alpha value is -0.640. The predicted molar refractivity (Wildman–Crippen MR) is 34.3 cm³/mol. The minimum absolute atomic E-state index is 0.636. The minimum Gasteiger partial charge on any atom is -0.280 e. The average molecular weight is 149 g/mol. The molecule has 0 aromatic heterocycles. The zero-order chi connectivity index (χ0) is 7.49. The molecule has 0 unspecified atom stereocenters. The molecule has 5 nitrogen and oxygen atoms in total. The molecule has 0 rings (SSSR count). The summed E-state index contributed by atoms with van der Waals surface area (Å²) in [6, 6.07) is 0. The van der Waals surface area contributed by atoms with E-state index in [1.54, 1.807) is 0 Å². The summed E-state index contributed by atoms with van der Waals surface area (Å²) in [6.07, 6.45) is 0.937. The van der Waals surface area contributed by atoms with Crippen LogP contribution < -0.4 is 16.1 Å². The third-order valence-corrected chi connectivity index (χ3v) is 1.04. The van der Waals surface area contributed by atoms with Gasteiger partial charge in [0.25, 0.3) is 5.91 Å². The van der Waals surface area contributed by atoms with Crippen molar-refractivity contribution in [3.05, 3.63) is 12.7 Å². The molecule has 0 saturated carbocycles. The molecule has 0 aromatic rings. The van der Waals surface area contributed by atoms with Gasteiger partial charge in [-0.05, 0) is 6.08 Å². The molecule has 5 N–H and O–H groups in total. The second-order valence-electron chi connectivity index (χ2n) is 1.39. The summed E-state index contributed by atoms with van der Waals surface area (Å²) in [7, 11) is -3.41. The smallest absolute Gasteiger partial charge is 0.280 e. The highest BCUT2D eigenvalue weighted by molar-refractivity contribution is 7.57. The molecule has 6 heteroatoms. The molecule has 0 aromatic carbocycles. The van der Waals surface area contributed by atoms with Crippen LogP contribution >= 0.6 is 7.59 Å². The van der Waals surface area contributed by atoms with Gasteiger partial charge in [0, 0.05) is 0 Å². The molecule has 0 aliphatic heterocycles. The van der Waals surface area contributed by atoms with Gasteiger partial charge < -0.3 is 0 Å². The molecular weight excluding hydrogens is 141 g/mol. The van der Waals surface area contributed by atoms with E-state index in [1.165, 1.54) is 0 Å². The Kier molecular flexibility index (Phi) is 2.58. The molecule has 1 amide bonds. The number of hydrogen-bond acceptors (Lipinski definition) is 2. The van der Waals surface area contributed by atoms with Crippen LogP contribution in [-0.4, -0.2) is 5.91 Å². The van der Waals surface area contributed by atoms with Gasteiger partial charge in [0.2, 0.25) is 0 Å². The van der Waals surface area contributed by atoms with E-state index in [9.17, 15) is 9.36 Å². The Balaban J connectivity index is 3.89. The molecule has 0 spiro atoms. The molecule has 0 aliphatic rings. The van der Waals surface area contributed by atoms with E-state index in [0.29, 0.717) is 0 Å². The first kappa shape index (κ1) is 8.36. The summed E-state index contributed by atoms with van der Waals surface area (Å²) >= 11 is 0. The molecule has 52 valence electrons. The summed E-state index contributed by atoms with van der Waals surface area (Å²) < 4.78 is 10.4. The van der Waals surface area contributed by atoms with Crippen molar-refractivity contribution >= 4 is 13.5 Å². The van der Waals surface area contributed by atoms with Crippen molar-refractivity contribution in [2.24, 2.45) is 11.0 Å². The van der Waals surface area contributed by atoms with E-state index in [0.717, 1.165) is 6.08 Å². The monoisotopic (exact) mass is 149 g/mol. The second kappa shape index (κ2) is 2.77. The molecule has 0 saturated heterocycles. The number of rotatable bonds is 2. The lowest BCUT2D eigenvalue weighted by atomic mass is 10.6. The fourth-order valence-electron chi connectivity index (χ4n) is 0.218. The zero-order valence-electron chi connectivity index (χ0n) is 4.70. The maximum absolute atomic E-state index is 10.4. The Labute approximate surface area is 52.6 Å². The Bertz CT molecular complexity index is 172. The molecule has 0 radical (unpaired) electrons. The van der Waals surface area contributed by atoms with Crippen molar-refractivity contribution in [1.29, 1.82) is 0 Å². The standard InChI is InChI=1S/C3H8N3O2P/c1-2-3(7)6-9(4,5)8/h2H,1H2,(H5,4,5,6,7,8). The van der Waals surface area contributed by atoms with Gasteiger partial charge in [0.1, 0.15) is 0 Å². The van der Waals surface area contributed by atoms with Crippen LogP contribution in [0.5, 0.6) is 0 Å². The van der Waals surface area contributed by atoms with Gasteiger partial charge in [-0.15, -0.1) is 0 Å². The number of amides is 1. The summed E-state index contributed by atoms with van der Waals surface area (Å²) in [5.74, 6) is -0.636. The summed E-state index contributed by atoms with van der Waals surface area (Å²) in [4.78, 5) is 10.3. The molecule has 0 fully saturated rings. The van der Waals surface area contributed by atoms with Gasteiger partial charge in [0.15, 0.2) is 0 Å². The number of nitrogens with two attached hydrogens (primary N) is 2. The van der Waals surface area contributed by atoms with Gasteiger partial charge in [-0.25, -0.2) is 0 Å². The fraction of sp³-hybridized carbons (Fsp3) is 0. The van der Waals surface area contributed by atoms with Crippen LogP contribution in [0.4, 0.5) is 0 Å². The third-order valence-electron chi connectivity index (χ3n) is 0.470. The SMILES string of the molecule is C=CC(=O)NP(N)(N)=O. The van der Waals surface area contributed by atoms with E-state index in [-0.39, 0.29) is 0 Å². The number of hydrogen-bond donors (Lipinski definition) is 3. The van der Waals surface area contributed by atoms with Crippen LogP contribution in [0.3, 0.4) is 0 Å².